The number of rotatable bonds is 7. The predicted octanol–water partition coefficient (Wildman–Crippen LogP) is 5.68. The lowest BCUT2D eigenvalue weighted by molar-refractivity contribution is 0.283. The minimum Gasteiger partial charge on any atom is -0.408 e. The van der Waals surface area contributed by atoms with Crippen molar-refractivity contribution in [3.63, 3.8) is 0 Å². The van der Waals surface area contributed by atoms with Crippen molar-refractivity contribution in [2.24, 2.45) is 0 Å². The van der Waals surface area contributed by atoms with Crippen molar-refractivity contribution in [2.75, 3.05) is 0 Å². The molecule has 138 valence electrons. The molecule has 0 radical (unpaired) electrons. The summed E-state index contributed by atoms with van der Waals surface area (Å²) in [7, 11) is -2.18. The van der Waals surface area contributed by atoms with Crippen molar-refractivity contribution in [3.8, 4) is 6.07 Å². The van der Waals surface area contributed by atoms with Crippen LogP contribution in [0, 0.1) is 11.3 Å². The molecule has 0 aromatic heterocycles. The van der Waals surface area contributed by atoms with Gasteiger partial charge in [-0.3, -0.25) is 0 Å². The second-order valence-corrected chi connectivity index (χ2v) is 13.0. The first-order valence-corrected chi connectivity index (χ1v) is 11.5. The van der Waals surface area contributed by atoms with Crippen molar-refractivity contribution in [1.82, 2.24) is 0 Å². The Morgan fingerprint density at radius 3 is 1.92 bits per heavy atom. The Bertz CT molecular complexity index is 734. The zero-order chi connectivity index (χ0) is 19.4. The summed E-state index contributed by atoms with van der Waals surface area (Å²) >= 11 is 0. The summed E-state index contributed by atoms with van der Waals surface area (Å²) in [5.41, 5.74) is 2.72. The predicted molar refractivity (Wildman–Crippen MR) is 112 cm³/mol. The van der Waals surface area contributed by atoms with Crippen molar-refractivity contribution in [1.29, 1.82) is 5.26 Å². The van der Waals surface area contributed by atoms with Gasteiger partial charge in [0, 0.05) is 0 Å². The van der Waals surface area contributed by atoms with Crippen molar-refractivity contribution in [2.45, 2.75) is 64.6 Å². The molecule has 0 saturated carbocycles. The molecule has 2 rings (SSSR count). The Hall–Kier alpha value is -1.89. The number of benzene rings is 2. The molecule has 0 fully saturated rings. The van der Waals surface area contributed by atoms with Gasteiger partial charge in [-0.15, -0.1) is 0 Å². The van der Waals surface area contributed by atoms with Crippen LogP contribution in [0.3, 0.4) is 0 Å². The molecular formula is C23H31NOSi. The van der Waals surface area contributed by atoms with Gasteiger partial charge in [0.15, 0.2) is 0 Å². The maximum absolute atomic E-state index is 9.40. The van der Waals surface area contributed by atoms with Crippen molar-refractivity contribution >= 4 is 13.5 Å². The first-order valence-electron chi connectivity index (χ1n) is 9.44. The smallest absolute Gasteiger partial charge is 0.229 e. The van der Waals surface area contributed by atoms with Gasteiger partial charge in [0.2, 0.25) is 8.32 Å². The van der Waals surface area contributed by atoms with E-state index in [1.54, 1.807) is 0 Å². The molecule has 0 spiro atoms. The van der Waals surface area contributed by atoms with Gasteiger partial charge in [-0.2, -0.15) is 5.26 Å². The molecular weight excluding hydrogens is 334 g/mol. The quantitative estimate of drug-likeness (QED) is 0.592. The second kappa shape index (κ2) is 8.20. The normalized spacial score (nSPS) is 12.4. The van der Waals surface area contributed by atoms with Crippen LogP contribution in [0.2, 0.25) is 11.1 Å². The first-order chi connectivity index (χ1) is 12.2. The van der Waals surface area contributed by atoms with Gasteiger partial charge in [0.1, 0.15) is 0 Å². The van der Waals surface area contributed by atoms with Crippen molar-refractivity contribution < 1.29 is 4.43 Å². The Balaban J connectivity index is 2.39. The maximum Gasteiger partial charge on any atom is 0.229 e. The van der Waals surface area contributed by atoms with E-state index in [2.05, 4.69) is 82.3 Å². The third kappa shape index (κ3) is 4.08. The average Bonchev–Trinajstić information content (AvgIpc) is 2.63. The largest absolute Gasteiger partial charge is 0.408 e. The van der Waals surface area contributed by atoms with Crippen LogP contribution in [-0.4, -0.2) is 8.32 Å². The van der Waals surface area contributed by atoms with Gasteiger partial charge in [-0.25, -0.2) is 0 Å². The number of hydrogen-bond acceptors (Lipinski definition) is 2. The molecule has 0 saturated heterocycles. The summed E-state index contributed by atoms with van der Waals surface area (Å²) < 4.78 is 6.75. The van der Waals surface area contributed by atoms with E-state index in [0.29, 0.717) is 17.7 Å². The van der Waals surface area contributed by atoms with Gasteiger partial charge in [-0.1, -0.05) is 82.3 Å². The second-order valence-electron chi connectivity index (χ2n) is 8.19. The third-order valence-electron chi connectivity index (χ3n) is 5.37. The van der Waals surface area contributed by atoms with Gasteiger partial charge < -0.3 is 4.43 Å². The van der Waals surface area contributed by atoms with Gasteiger partial charge in [0.25, 0.3) is 0 Å². The monoisotopic (exact) mass is 365 g/mol. The highest BCUT2D eigenvalue weighted by molar-refractivity contribution is 6.88. The van der Waals surface area contributed by atoms with Crippen LogP contribution in [0.5, 0.6) is 0 Å². The number of nitrogens with zero attached hydrogens (tertiary/aromatic N) is 1. The fraction of sp³-hybridized carbons (Fsp3) is 0.435. The fourth-order valence-electron chi connectivity index (χ4n) is 3.74. The minimum atomic E-state index is -2.18. The summed E-state index contributed by atoms with van der Waals surface area (Å²) in [4.78, 5) is 0. The third-order valence-corrected chi connectivity index (χ3v) is 10.7. The van der Waals surface area contributed by atoms with E-state index in [-0.39, 0.29) is 0 Å². The highest BCUT2D eigenvalue weighted by Gasteiger charge is 2.44. The topological polar surface area (TPSA) is 33.0 Å². The van der Waals surface area contributed by atoms with Crippen LogP contribution in [0.15, 0.2) is 54.6 Å². The summed E-state index contributed by atoms with van der Waals surface area (Å²) in [6.45, 7) is 13.7. The van der Waals surface area contributed by atoms with E-state index in [9.17, 15) is 5.26 Å². The molecule has 26 heavy (non-hydrogen) atoms. The Kier molecular flexibility index (Phi) is 6.44. The lowest BCUT2D eigenvalue weighted by Crippen LogP contribution is -2.55. The molecule has 0 heterocycles. The summed E-state index contributed by atoms with van der Waals surface area (Å²) in [5, 5.41) is 10.7. The van der Waals surface area contributed by atoms with Gasteiger partial charge in [0.05, 0.1) is 18.1 Å². The van der Waals surface area contributed by atoms with E-state index in [1.165, 1.54) is 10.8 Å². The van der Waals surface area contributed by atoms with E-state index in [4.69, 9.17) is 4.43 Å². The molecule has 0 N–H and O–H groups in total. The SMILES string of the molecule is CC(C)[Si](OCc1ccccc1)(c1ccc(C(C)(C)C#N)cc1)C(C)C. The lowest BCUT2D eigenvalue weighted by Gasteiger charge is -2.39. The molecule has 2 aromatic carbocycles. The van der Waals surface area contributed by atoms with Crippen LogP contribution in [-0.2, 0) is 16.4 Å². The molecule has 0 aliphatic carbocycles. The average molecular weight is 366 g/mol. The molecule has 0 bridgehead atoms. The molecule has 0 amide bonds. The van der Waals surface area contributed by atoms with Crippen LogP contribution < -0.4 is 5.19 Å². The summed E-state index contributed by atoms with van der Waals surface area (Å²) in [6, 6.07) is 21.4. The molecule has 2 aromatic rings. The van der Waals surface area contributed by atoms with E-state index >= 15 is 0 Å². The van der Waals surface area contributed by atoms with Crippen LogP contribution >= 0.6 is 0 Å². The Morgan fingerprint density at radius 2 is 1.46 bits per heavy atom. The number of hydrogen-bond donors (Lipinski definition) is 0. The van der Waals surface area contributed by atoms with E-state index in [1.807, 2.05) is 19.9 Å². The molecule has 0 unspecified atom stereocenters. The molecule has 3 heteroatoms. The highest BCUT2D eigenvalue weighted by atomic mass is 28.4. The Morgan fingerprint density at radius 1 is 0.923 bits per heavy atom. The first kappa shape index (κ1) is 20.4. The van der Waals surface area contributed by atoms with Crippen LogP contribution in [0.4, 0.5) is 0 Å². The van der Waals surface area contributed by atoms with Crippen LogP contribution in [0.1, 0.15) is 52.7 Å². The zero-order valence-corrected chi connectivity index (χ0v) is 17.9. The highest BCUT2D eigenvalue weighted by Crippen LogP contribution is 2.34. The number of nitriles is 1. The van der Waals surface area contributed by atoms with Crippen molar-refractivity contribution in [3.05, 3.63) is 65.7 Å². The standard InChI is InChI=1S/C23H31NOSi/c1-18(2)26(19(3)4,25-16-20-10-8-7-9-11-20)22-14-12-21(13-15-22)23(5,6)17-24/h7-15,18-19H,16H2,1-6H3. The van der Waals surface area contributed by atoms with E-state index < -0.39 is 13.7 Å². The van der Waals surface area contributed by atoms with E-state index in [0.717, 1.165) is 5.56 Å². The van der Waals surface area contributed by atoms with Crippen LogP contribution in [0.25, 0.3) is 0 Å². The molecule has 0 aliphatic rings. The summed E-state index contributed by atoms with van der Waals surface area (Å²) in [6.07, 6.45) is 0. The molecule has 2 nitrogen and oxygen atoms in total. The Labute approximate surface area is 160 Å². The molecule has 0 aliphatic heterocycles. The lowest BCUT2D eigenvalue weighted by atomic mass is 9.86. The van der Waals surface area contributed by atoms with Gasteiger partial charge in [-0.05, 0) is 41.2 Å². The molecule has 0 atom stereocenters. The minimum absolute atomic E-state index is 0.459. The van der Waals surface area contributed by atoms with Gasteiger partial charge >= 0.3 is 0 Å². The summed E-state index contributed by atoms with van der Waals surface area (Å²) in [5.74, 6) is 0. The zero-order valence-electron chi connectivity index (χ0n) is 16.9. The maximum atomic E-state index is 9.40. The fourth-order valence-corrected chi connectivity index (χ4v) is 8.33.